The fraction of sp³-hybridized carbons (Fsp3) is 0.353. The van der Waals surface area contributed by atoms with Gasteiger partial charge in [0.15, 0.2) is 0 Å². The highest BCUT2D eigenvalue weighted by atomic mass is 16.3. The van der Waals surface area contributed by atoms with Gasteiger partial charge in [-0.2, -0.15) is 0 Å². The van der Waals surface area contributed by atoms with Gasteiger partial charge in [-0.15, -0.1) is 0 Å². The average molecular weight is 273 g/mol. The average Bonchev–Trinajstić information content (AvgIpc) is 2.38. The van der Waals surface area contributed by atoms with Crippen LogP contribution in [0, 0.1) is 0 Å². The first-order chi connectivity index (χ1) is 9.50. The van der Waals surface area contributed by atoms with Gasteiger partial charge in [0.1, 0.15) is 5.75 Å². The van der Waals surface area contributed by atoms with Crippen molar-refractivity contribution in [2.45, 2.75) is 33.6 Å². The second-order valence-electron chi connectivity index (χ2n) is 5.10. The van der Waals surface area contributed by atoms with Crippen LogP contribution in [-0.4, -0.2) is 17.6 Å². The highest BCUT2D eigenvalue weighted by Gasteiger charge is 2.08. The minimum absolute atomic E-state index is 0.00857. The Bertz CT molecular complexity index is 511. The van der Waals surface area contributed by atoms with Crippen LogP contribution in [0.2, 0.25) is 0 Å². The number of carbonyl (C=O) groups is 1. The summed E-state index contributed by atoms with van der Waals surface area (Å²) in [6, 6.07) is 6.54. The van der Waals surface area contributed by atoms with E-state index in [1.807, 2.05) is 6.08 Å². The Morgan fingerprint density at radius 3 is 2.55 bits per heavy atom. The Balaban J connectivity index is 2.42. The fourth-order valence-corrected chi connectivity index (χ4v) is 1.77. The van der Waals surface area contributed by atoms with E-state index in [9.17, 15) is 9.90 Å². The second-order valence-corrected chi connectivity index (χ2v) is 5.10. The summed E-state index contributed by atoms with van der Waals surface area (Å²) in [5, 5.41) is 12.4. The molecule has 0 atom stereocenters. The number of nitrogens with one attached hydrogen (secondary N) is 1. The minimum Gasteiger partial charge on any atom is -0.507 e. The zero-order valence-electron chi connectivity index (χ0n) is 12.4. The van der Waals surface area contributed by atoms with Crippen molar-refractivity contribution in [3.8, 4) is 5.75 Å². The van der Waals surface area contributed by atoms with Gasteiger partial charge in [-0.25, -0.2) is 0 Å². The highest BCUT2D eigenvalue weighted by Crippen LogP contribution is 2.14. The lowest BCUT2D eigenvalue weighted by Crippen LogP contribution is -2.23. The maximum atomic E-state index is 11.8. The summed E-state index contributed by atoms with van der Waals surface area (Å²) in [5.74, 6) is -0.245. The Morgan fingerprint density at radius 1 is 1.20 bits per heavy atom. The zero-order chi connectivity index (χ0) is 15.0. The number of hydrogen-bond donors (Lipinski definition) is 2. The monoisotopic (exact) mass is 273 g/mol. The molecule has 0 saturated heterocycles. The number of amides is 1. The van der Waals surface area contributed by atoms with E-state index in [0.29, 0.717) is 12.1 Å². The van der Waals surface area contributed by atoms with Crippen molar-refractivity contribution in [2.24, 2.45) is 0 Å². The molecule has 0 fully saturated rings. The van der Waals surface area contributed by atoms with Crippen molar-refractivity contribution in [3.05, 3.63) is 53.1 Å². The van der Waals surface area contributed by atoms with E-state index in [-0.39, 0.29) is 11.7 Å². The maximum Gasteiger partial charge on any atom is 0.255 e. The van der Waals surface area contributed by atoms with Crippen LogP contribution in [0.5, 0.6) is 5.75 Å². The van der Waals surface area contributed by atoms with E-state index in [1.165, 1.54) is 17.2 Å². The summed E-state index contributed by atoms with van der Waals surface area (Å²) in [6.45, 7) is 6.72. The summed E-state index contributed by atoms with van der Waals surface area (Å²) in [7, 11) is 0. The van der Waals surface area contributed by atoms with Crippen LogP contribution in [0.3, 0.4) is 0 Å². The third-order valence-corrected chi connectivity index (χ3v) is 2.95. The predicted octanol–water partition coefficient (Wildman–Crippen LogP) is 3.81. The minimum atomic E-state index is -0.253. The summed E-state index contributed by atoms with van der Waals surface area (Å²) in [5.41, 5.74) is 2.88. The molecule has 1 aromatic rings. The Kier molecular flexibility index (Phi) is 6.57. The molecule has 1 rings (SSSR count). The van der Waals surface area contributed by atoms with Crippen LogP contribution in [0.15, 0.2) is 47.6 Å². The normalized spacial score (nSPS) is 11.1. The van der Waals surface area contributed by atoms with Gasteiger partial charge in [0.2, 0.25) is 0 Å². The number of para-hydroxylation sites is 1. The first-order valence-electron chi connectivity index (χ1n) is 6.86. The molecule has 3 heteroatoms. The van der Waals surface area contributed by atoms with Crippen molar-refractivity contribution in [1.29, 1.82) is 0 Å². The number of hydrogen-bond acceptors (Lipinski definition) is 2. The van der Waals surface area contributed by atoms with E-state index in [4.69, 9.17) is 0 Å². The van der Waals surface area contributed by atoms with Gasteiger partial charge in [0.25, 0.3) is 5.91 Å². The molecule has 3 nitrogen and oxygen atoms in total. The first kappa shape index (κ1) is 16.0. The topological polar surface area (TPSA) is 49.3 Å². The number of phenols is 1. The number of benzene rings is 1. The van der Waals surface area contributed by atoms with Crippen LogP contribution in [0.25, 0.3) is 0 Å². The summed E-state index contributed by atoms with van der Waals surface area (Å²) < 4.78 is 0. The van der Waals surface area contributed by atoms with Gasteiger partial charge in [0.05, 0.1) is 5.56 Å². The molecule has 0 unspecified atom stereocenters. The van der Waals surface area contributed by atoms with E-state index in [0.717, 1.165) is 12.8 Å². The Labute approximate surface area is 121 Å². The zero-order valence-corrected chi connectivity index (χ0v) is 12.4. The van der Waals surface area contributed by atoms with Crippen molar-refractivity contribution in [2.75, 3.05) is 6.54 Å². The molecule has 0 saturated carbocycles. The quantitative estimate of drug-likeness (QED) is 0.774. The van der Waals surface area contributed by atoms with Gasteiger partial charge in [0, 0.05) is 6.54 Å². The highest BCUT2D eigenvalue weighted by molar-refractivity contribution is 5.96. The van der Waals surface area contributed by atoms with Gasteiger partial charge in [-0.1, -0.05) is 35.4 Å². The molecule has 1 aromatic carbocycles. The standard InChI is InChI=1S/C17H23NO2/c1-13(2)7-6-8-14(3)11-12-18-17(20)15-9-4-5-10-16(15)19/h4-5,7,9-11,19H,6,8,12H2,1-3H3,(H,18,20)/b14-11+. The summed E-state index contributed by atoms with van der Waals surface area (Å²) in [6.07, 6.45) is 6.24. The molecule has 1 amide bonds. The Morgan fingerprint density at radius 2 is 1.90 bits per heavy atom. The molecule has 0 radical (unpaired) electrons. The maximum absolute atomic E-state index is 11.8. The molecule has 0 heterocycles. The third kappa shape index (κ3) is 5.74. The summed E-state index contributed by atoms with van der Waals surface area (Å²) in [4.78, 5) is 11.8. The molecule has 0 aromatic heterocycles. The SMILES string of the molecule is CC(C)=CCC/C(C)=C/CNC(=O)c1ccccc1O. The number of aromatic hydroxyl groups is 1. The molecular weight excluding hydrogens is 250 g/mol. The number of allylic oxidation sites excluding steroid dienone is 3. The first-order valence-corrected chi connectivity index (χ1v) is 6.86. The smallest absolute Gasteiger partial charge is 0.255 e. The lowest BCUT2D eigenvalue weighted by atomic mass is 10.1. The lowest BCUT2D eigenvalue weighted by molar-refractivity contribution is 0.0955. The molecule has 108 valence electrons. The van der Waals surface area contributed by atoms with Crippen LogP contribution >= 0.6 is 0 Å². The summed E-state index contributed by atoms with van der Waals surface area (Å²) >= 11 is 0. The number of carbonyl (C=O) groups excluding carboxylic acids is 1. The van der Waals surface area contributed by atoms with Crippen molar-refractivity contribution in [1.82, 2.24) is 5.32 Å². The molecular formula is C17H23NO2. The van der Waals surface area contributed by atoms with Crippen LogP contribution in [0.4, 0.5) is 0 Å². The second kappa shape index (κ2) is 8.20. The van der Waals surface area contributed by atoms with Crippen LogP contribution in [-0.2, 0) is 0 Å². The third-order valence-electron chi connectivity index (χ3n) is 2.95. The molecule has 20 heavy (non-hydrogen) atoms. The van der Waals surface area contributed by atoms with Crippen LogP contribution in [0.1, 0.15) is 44.0 Å². The van der Waals surface area contributed by atoms with E-state index in [1.54, 1.807) is 18.2 Å². The molecule has 0 aliphatic carbocycles. The number of phenolic OH excluding ortho intramolecular Hbond substituents is 1. The largest absolute Gasteiger partial charge is 0.507 e. The van der Waals surface area contributed by atoms with E-state index < -0.39 is 0 Å². The molecule has 0 aliphatic heterocycles. The van der Waals surface area contributed by atoms with Gasteiger partial charge < -0.3 is 10.4 Å². The van der Waals surface area contributed by atoms with Gasteiger partial charge in [-0.05, 0) is 45.7 Å². The lowest BCUT2D eigenvalue weighted by Gasteiger charge is -2.05. The molecule has 0 bridgehead atoms. The number of rotatable bonds is 6. The van der Waals surface area contributed by atoms with Gasteiger partial charge in [-0.3, -0.25) is 4.79 Å². The van der Waals surface area contributed by atoms with E-state index >= 15 is 0 Å². The van der Waals surface area contributed by atoms with Gasteiger partial charge >= 0.3 is 0 Å². The van der Waals surface area contributed by atoms with Crippen molar-refractivity contribution in [3.63, 3.8) is 0 Å². The predicted molar refractivity (Wildman–Crippen MR) is 82.9 cm³/mol. The van der Waals surface area contributed by atoms with E-state index in [2.05, 4.69) is 32.2 Å². The molecule has 2 N–H and O–H groups in total. The fourth-order valence-electron chi connectivity index (χ4n) is 1.77. The Hall–Kier alpha value is -2.03. The molecule has 0 aliphatic rings. The van der Waals surface area contributed by atoms with Crippen LogP contribution < -0.4 is 5.32 Å². The molecule has 0 spiro atoms. The van der Waals surface area contributed by atoms with Crippen molar-refractivity contribution < 1.29 is 9.90 Å². The van der Waals surface area contributed by atoms with Crippen molar-refractivity contribution >= 4 is 5.91 Å².